The molecule has 1 fully saturated rings. The number of thiazole rings is 1. The Morgan fingerprint density at radius 3 is 2.83 bits per heavy atom. The Balaban J connectivity index is 1.54. The van der Waals surface area contributed by atoms with Crippen LogP contribution in [0.1, 0.15) is 40.0 Å². The van der Waals surface area contributed by atoms with Gasteiger partial charge in [-0.3, -0.25) is 19.7 Å². The molecule has 1 atom stereocenters. The summed E-state index contributed by atoms with van der Waals surface area (Å²) < 4.78 is 6.47. The lowest BCUT2D eigenvalue weighted by molar-refractivity contribution is -0.122. The van der Waals surface area contributed by atoms with Gasteiger partial charge in [-0.05, 0) is 39.0 Å². The quantitative estimate of drug-likeness (QED) is 0.643. The largest absolute Gasteiger partial charge is 0.443 e. The Bertz CT molecular complexity index is 1250. The molecule has 0 saturated carbocycles. The van der Waals surface area contributed by atoms with Crippen molar-refractivity contribution >= 4 is 50.7 Å². The van der Waals surface area contributed by atoms with E-state index in [0.29, 0.717) is 5.69 Å². The maximum absolute atomic E-state index is 12.8. The van der Waals surface area contributed by atoms with Gasteiger partial charge in [0.1, 0.15) is 17.4 Å². The molecule has 1 saturated heterocycles. The molecule has 30 heavy (non-hydrogen) atoms. The fourth-order valence-corrected chi connectivity index (χ4v) is 4.52. The molecule has 3 heterocycles. The number of anilines is 2. The van der Waals surface area contributed by atoms with Gasteiger partial charge < -0.3 is 9.32 Å². The summed E-state index contributed by atoms with van der Waals surface area (Å²) in [7, 11) is 0. The average molecular weight is 422 g/mol. The maximum Gasteiger partial charge on any atom is 0.232 e. The number of carbonyl (C=O) groups is 3. The minimum absolute atomic E-state index is 0.00103. The molecule has 0 aliphatic carbocycles. The van der Waals surface area contributed by atoms with Crippen molar-refractivity contribution in [3.63, 3.8) is 0 Å². The second kappa shape index (κ2) is 7.39. The van der Waals surface area contributed by atoms with E-state index < -0.39 is 11.8 Å². The summed E-state index contributed by atoms with van der Waals surface area (Å²) in [6.07, 6.45) is 0.0428. The second-order valence-corrected chi connectivity index (χ2v) is 8.42. The fourth-order valence-electron chi connectivity index (χ4n) is 3.71. The molecule has 2 aromatic heterocycles. The summed E-state index contributed by atoms with van der Waals surface area (Å²) in [4.78, 5) is 43.1. The lowest BCUT2D eigenvalue weighted by atomic mass is 10.1. The minimum Gasteiger partial charge on any atom is -0.443 e. The van der Waals surface area contributed by atoms with Crippen LogP contribution in [-0.4, -0.2) is 29.1 Å². The Hall–Kier alpha value is -3.51. The van der Waals surface area contributed by atoms with E-state index in [2.05, 4.69) is 10.3 Å². The molecule has 1 N–H and O–H groups in total. The molecule has 1 unspecified atom stereocenters. The number of nitrogens with zero attached hydrogens (tertiary/aromatic N) is 3. The van der Waals surface area contributed by atoms with Crippen molar-refractivity contribution in [1.82, 2.24) is 4.98 Å². The number of hydrogen-bond acceptors (Lipinski definition) is 7. The standard InChI is InChI=1S/C21H18N4O4S/c1-10(26)19-11(2)29-21(15(19)8-22)24-20(28)13-6-18(27)25(9-13)14-4-5-17-16(7-14)23-12(3)30-17/h4-5,7,13H,6,9H2,1-3H3,(H,24,28). The summed E-state index contributed by atoms with van der Waals surface area (Å²) in [6.45, 7) is 5.03. The van der Waals surface area contributed by atoms with Crippen molar-refractivity contribution < 1.29 is 18.8 Å². The van der Waals surface area contributed by atoms with Crippen molar-refractivity contribution in [3.05, 3.63) is 40.1 Å². The Kier molecular flexibility index (Phi) is 4.87. The number of ketones is 1. The normalized spacial score (nSPS) is 16.1. The van der Waals surface area contributed by atoms with Gasteiger partial charge in [0, 0.05) is 18.7 Å². The topological polar surface area (TPSA) is 116 Å². The zero-order valence-electron chi connectivity index (χ0n) is 16.6. The molecule has 1 aliphatic heterocycles. The van der Waals surface area contributed by atoms with E-state index in [4.69, 9.17) is 4.42 Å². The van der Waals surface area contributed by atoms with Crippen LogP contribution in [0.4, 0.5) is 11.6 Å². The Morgan fingerprint density at radius 1 is 1.37 bits per heavy atom. The number of nitrogens with one attached hydrogen (secondary N) is 1. The number of amides is 2. The highest BCUT2D eigenvalue weighted by molar-refractivity contribution is 7.18. The third kappa shape index (κ3) is 3.35. The lowest BCUT2D eigenvalue weighted by Gasteiger charge is -2.16. The van der Waals surface area contributed by atoms with E-state index in [1.807, 2.05) is 31.2 Å². The molecule has 0 bridgehead atoms. The zero-order valence-corrected chi connectivity index (χ0v) is 17.4. The zero-order chi connectivity index (χ0) is 21.6. The Labute approximate surface area is 176 Å². The van der Waals surface area contributed by atoms with Crippen LogP contribution in [0.2, 0.25) is 0 Å². The van der Waals surface area contributed by atoms with Gasteiger partial charge in [0.05, 0.1) is 26.7 Å². The summed E-state index contributed by atoms with van der Waals surface area (Å²) in [5.41, 5.74) is 1.67. The molecule has 9 heteroatoms. The van der Waals surface area contributed by atoms with E-state index in [0.717, 1.165) is 15.2 Å². The number of aryl methyl sites for hydroxylation is 2. The molecule has 1 aromatic carbocycles. The number of aromatic nitrogens is 1. The number of hydrogen-bond donors (Lipinski definition) is 1. The van der Waals surface area contributed by atoms with Gasteiger partial charge in [-0.1, -0.05) is 0 Å². The summed E-state index contributed by atoms with van der Waals surface area (Å²) in [6, 6.07) is 7.53. The van der Waals surface area contributed by atoms with Crippen molar-refractivity contribution in [2.75, 3.05) is 16.8 Å². The molecule has 0 radical (unpaired) electrons. The van der Waals surface area contributed by atoms with Crippen molar-refractivity contribution in [2.45, 2.75) is 27.2 Å². The van der Waals surface area contributed by atoms with Gasteiger partial charge in [0.25, 0.3) is 0 Å². The van der Waals surface area contributed by atoms with Gasteiger partial charge >= 0.3 is 0 Å². The van der Waals surface area contributed by atoms with Crippen LogP contribution in [0.25, 0.3) is 10.2 Å². The van der Waals surface area contributed by atoms with E-state index in [9.17, 15) is 19.6 Å². The van der Waals surface area contributed by atoms with Crippen molar-refractivity contribution in [1.29, 1.82) is 5.26 Å². The number of carbonyl (C=O) groups excluding carboxylic acids is 3. The average Bonchev–Trinajstić information content (AvgIpc) is 3.34. The molecule has 8 nitrogen and oxygen atoms in total. The van der Waals surface area contributed by atoms with Gasteiger partial charge in [0.2, 0.25) is 17.7 Å². The predicted octanol–water partition coefficient (Wildman–Crippen LogP) is 3.57. The SMILES string of the molecule is CC(=O)c1c(C)oc(NC(=O)C2CC(=O)N(c3ccc4sc(C)nc4c3)C2)c1C#N. The molecule has 1 aliphatic rings. The van der Waals surface area contributed by atoms with Gasteiger partial charge in [-0.15, -0.1) is 11.3 Å². The highest BCUT2D eigenvalue weighted by Crippen LogP contribution is 2.32. The van der Waals surface area contributed by atoms with Crippen LogP contribution < -0.4 is 10.2 Å². The van der Waals surface area contributed by atoms with Crippen LogP contribution in [0.5, 0.6) is 0 Å². The molecular formula is C21H18N4O4S. The van der Waals surface area contributed by atoms with Crippen LogP contribution in [-0.2, 0) is 9.59 Å². The van der Waals surface area contributed by atoms with E-state index in [1.165, 1.54) is 6.92 Å². The van der Waals surface area contributed by atoms with Gasteiger partial charge in [0.15, 0.2) is 5.78 Å². The third-order valence-electron chi connectivity index (χ3n) is 5.07. The summed E-state index contributed by atoms with van der Waals surface area (Å²) >= 11 is 1.58. The summed E-state index contributed by atoms with van der Waals surface area (Å²) in [5.74, 6) is -1.31. The molecule has 2 amide bonds. The summed E-state index contributed by atoms with van der Waals surface area (Å²) in [5, 5.41) is 12.9. The third-order valence-corrected chi connectivity index (χ3v) is 6.02. The first-order valence-electron chi connectivity index (χ1n) is 9.31. The molecular weight excluding hydrogens is 404 g/mol. The first-order chi connectivity index (χ1) is 14.3. The Morgan fingerprint density at radius 2 is 2.13 bits per heavy atom. The maximum atomic E-state index is 12.8. The van der Waals surface area contributed by atoms with Crippen LogP contribution in [0.3, 0.4) is 0 Å². The van der Waals surface area contributed by atoms with Crippen LogP contribution in [0.15, 0.2) is 22.6 Å². The first kappa shape index (κ1) is 19.8. The van der Waals surface area contributed by atoms with E-state index in [1.54, 1.807) is 23.2 Å². The molecule has 3 aromatic rings. The monoisotopic (exact) mass is 422 g/mol. The number of furan rings is 1. The lowest BCUT2D eigenvalue weighted by Crippen LogP contribution is -2.28. The smallest absolute Gasteiger partial charge is 0.232 e. The fraction of sp³-hybridized carbons (Fsp3) is 0.286. The van der Waals surface area contributed by atoms with Crippen LogP contribution in [0, 0.1) is 31.1 Å². The highest BCUT2D eigenvalue weighted by Gasteiger charge is 2.36. The highest BCUT2D eigenvalue weighted by atomic mass is 32.1. The van der Waals surface area contributed by atoms with Crippen molar-refractivity contribution in [2.24, 2.45) is 5.92 Å². The second-order valence-electron chi connectivity index (χ2n) is 7.18. The molecule has 0 spiro atoms. The molecule has 4 rings (SSSR count). The van der Waals surface area contributed by atoms with Gasteiger partial charge in [-0.25, -0.2) is 4.98 Å². The first-order valence-corrected chi connectivity index (χ1v) is 10.1. The molecule has 152 valence electrons. The minimum atomic E-state index is -0.608. The van der Waals surface area contributed by atoms with E-state index >= 15 is 0 Å². The number of rotatable bonds is 4. The number of benzene rings is 1. The van der Waals surface area contributed by atoms with Crippen molar-refractivity contribution in [3.8, 4) is 6.07 Å². The number of Topliss-reactive ketones (excluding diaryl/α,β-unsaturated/α-hetero) is 1. The predicted molar refractivity (Wildman–Crippen MR) is 112 cm³/mol. The van der Waals surface area contributed by atoms with Crippen LogP contribution >= 0.6 is 11.3 Å². The number of fused-ring (bicyclic) bond motifs is 1. The van der Waals surface area contributed by atoms with Gasteiger partial charge in [-0.2, -0.15) is 5.26 Å². The van der Waals surface area contributed by atoms with E-state index in [-0.39, 0.29) is 47.4 Å². The number of nitriles is 1.